The first kappa shape index (κ1) is 13.3. The van der Waals surface area contributed by atoms with E-state index in [0.717, 1.165) is 4.46 Å². The van der Waals surface area contributed by atoms with Gasteiger partial charge in [0.2, 0.25) is 0 Å². The SMILES string of the molecule is O[C@H]1[C@H](O)[C@H](O)C(Br)=C[C@@H]1[Se]c1ccccc1. The van der Waals surface area contributed by atoms with Crippen molar-refractivity contribution in [3.8, 4) is 0 Å². The Hall–Kier alpha value is -0.161. The van der Waals surface area contributed by atoms with Gasteiger partial charge in [-0.15, -0.1) is 0 Å². The Morgan fingerprint density at radius 2 is 1.65 bits per heavy atom. The van der Waals surface area contributed by atoms with Gasteiger partial charge in [-0.2, -0.15) is 0 Å². The van der Waals surface area contributed by atoms with E-state index in [-0.39, 0.29) is 19.8 Å². The van der Waals surface area contributed by atoms with Crippen molar-refractivity contribution in [2.24, 2.45) is 0 Å². The van der Waals surface area contributed by atoms with E-state index in [1.807, 2.05) is 30.3 Å². The van der Waals surface area contributed by atoms with Crippen LogP contribution in [0.25, 0.3) is 0 Å². The zero-order chi connectivity index (χ0) is 12.4. The van der Waals surface area contributed by atoms with Gasteiger partial charge < -0.3 is 0 Å². The maximum atomic E-state index is 9.93. The molecule has 4 atom stereocenters. The number of hydrogen-bond acceptors (Lipinski definition) is 3. The summed E-state index contributed by atoms with van der Waals surface area (Å²) in [6.45, 7) is 0. The molecule has 0 fully saturated rings. The molecule has 1 aromatic rings. The van der Waals surface area contributed by atoms with Crippen molar-refractivity contribution in [1.29, 1.82) is 0 Å². The van der Waals surface area contributed by atoms with Crippen LogP contribution < -0.4 is 4.46 Å². The fraction of sp³-hybridized carbons (Fsp3) is 0.333. The summed E-state index contributed by atoms with van der Waals surface area (Å²) in [6.07, 6.45) is -1.25. The first-order valence-corrected chi connectivity index (χ1v) is 7.86. The first-order chi connectivity index (χ1) is 8.09. The van der Waals surface area contributed by atoms with Gasteiger partial charge in [-0.05, 0) is 0 Å². The minimum atomic E-state index is -1.12. The molecule has 0 unspecified atom stereocenters. The Labute approximate surface area is 114 Å². The molecule has 0 amide bonds. The average molecular weight is 364 g/mol. The van der Waals surface area contributed by atoms with Crippen LogP contribution in [0.15, 0.2) is 40.9 Å². The Morgan fingerprint density at radius 3 is 2.29 bits per heavy atom. The van der Waals surface area contributed by atoms with E-state index in [9.17, 15) is 15.3 Å². The van der Waals surface area contributed by atoms with Crippen molar-refractivity contribution in [3.05, 3.63) is 40.9 Å². The van der Waals surface area contributed by atoms with Crippen LogP contribution in [0.4, 0.5) is 0 Å². The third-order valence-corrected chi connectivity index (χ3v) is 5.95. The Bertz CT molecular complexity index is 409. The van der Waals surface area contributed by atoms with Crippen LogP contribution in [0.1, 0.15) is 0 Å². The van der Waals surface area contributed by atoms with Crippen LogP contribution in [0.2, 0.25) is 4.82 Å². The summed E-state index contributed by atoms with van der Waals surface area (Å²) in [5.74, 6) is 0. The molecular formula is C12H13BrO3Se. The van der Waals surface area contributed by atoms with Gasteiger partial charge in [0.15, 0.2) is 0 Å². The third kappa shape index (κ3) is 2.99. The Balaban J connectivity index is 2.16. The van der Waals surface area contributed by atoms with Gasteiger partial charge >= 0.3 is 115 Å². The van der Waals surface area contributed by atoms with E-state index < -0.39 is 18.3 Å². The van der Waals surface area contributed by atoms with Crippen LogP contribution in [-0.4, -0.2) is 48.6 Å². The van der Waals surface area contributed by atoms with Crippen LogP contribution >= 0.6 is 15.9 Å². The standard InChI is InChI=1S/C12H13BrO3Se/c13-8-6-9(11(15)12(16)10(8)14)17-7-4-2-1-3-5-7/h1-6,9-12,14-16H/t9-,10+,11+,12+/m0/s1. The summed E-state index contributed by atoms with van der Waals surface area (Å²) < 4.78 is 1.71. The van der Waals surface area contributed by atoms with E-state index >= 15 is 0 Å². The van der Waals surface area contributed by atoms with Crippen molar-refractivity contribution in [3.63, 3.8) is 0 Å². The molecule has 2 rings (SSSR count). The average Bonchev–Trinajstić information content (AvgIpc) is 2.35. The van der Waals surface area contributed by atoms with E-state index in [1.54, 1.807) is 6.08 Å². The van der Waals surface area contributed by atoms with Crippen molar-refractivity contribution >= 4 is 35.3 Å². The normalized spacial score (nSPS) is 33.3. The molecule has 1 aromatic carbocycles. The first-order valence-electron chi connectivity index (χ1n) is 5.22. The summed E-state index contributed by atoms with van der Waals surface area (Å²) in [6, 6.07) is 9.87. The number of aliphatic hydroxyl groups is 3. The number of halogens is 1. The van der Waals surface area contributed by atoms with E-state index in [0.29, 0.717) is 4.48 Å². The molecule has 0 saturated carbocycles. The number of aliphatic hydroxyl groups excluding tert-OH is 3. The summed E-state index contributed by atoms with van der Waals surface area (Å²) in [5.41, 5.74) is 0. The maximum absolute atomic E-state index is 9.93. The predicted molar refractivity (Wildman–Crippen MR) is 70.6 cm³/mol. The second kappa shape index (κ2) is 5.65. The predicted octanol–water partition coefficient (Wildman–Crippen LogP) is 0.180. The molecule has 3 nitrogen and oxygen atoms in total. The summed E-state index contributed by atoms with van der Waals surface area (Å²) in [7, 11) is 0. The van der Waals surface area contributed by atoms with Gasteiger partial charge in [-0.25, -0.2) is 0 Å². The van der Waals surface area contributed by atoms with Gasteiger partial charge in [0.05, 0.1) is 0 Å². The molecule has 0 aromatic heterocycles. The summed E-state index contributed by atoms with van der Waals surface area (Å²) >= 11 is 3.25. The molecule has 5 heteroatoms. The minimum absolute atomic E-state index is 0.0286. The van der Waals surface area contributed by atoms with Crippen LogP contribution in [0, 0.1) is 0 Å². The zero-order valence-electron chi connectivity index (χ0n) is 8.90. The molecule has 0 heterocycles. The van der Waals surface area contributed by atoms with Crippen molar-refractivity contribution < 1.29 is 15.3 Å². The number of rotatable bonds is 2. The Kier molecular flexibility index (Phi) is 4.41. The Morgan fingerprint density at radius 1 is 1.00 bits per heavy atom. The molecule has 0 aliphatic heterocycles. The molecule has 1 aliphatic rings. The van der Waals surface area contributed by atoms with Gasteiger partial charge in [0.25, 0.3) is 0 Å². The van der Waals surface area contributed by atoms with Crippen molar-refractivity contribution in [2.75, 3.05) is 0 Å². The topological polar surface area (TPSA) is 60.7 Å². The molecule has 17 heavy (non-hydrogen) atoms. The van der Waals surface area contributed by atoms with Crippen LogP contribution in [0.5, 0.6) is 0 Å². The summed E-state index contributed by atoms with van der Waals surface area (Å²) in [4.78, 5) is -0.127. The molecule has 92 valence electrons. The summed E-state index contributed by atoms with van der Waals surface area (Å²) in [5, 5.41) is 29.2. The molecule has 0 bridgehead atoms. The number of hydrogen-bond donors (Lipinski definition) is 3. The zero-order valence-corrected chi connectivity index (χ0v) is 12.2. The quantitative estimate of drug-likeness (QED) is 0.657. The molecular weight excluding hydrogens is 351 g/mol. The van der Waals surface area contributed by atoms with Crippen molar-refractivity contribution in [2.45, 2.75) is 23.1 Å². The fourth-order valence-corrected chi connectivity index (χ4v) is 5.01. The molecule has 0 saturated heterocycles. The number of benzene rings is 1. The van der Waals surface area contributed by atoms with Gasteiger partial charge in [0, 0.05) is 0 Å². The monoisotopic (exact) mass is 364 g/mol. The fourth-order valence-electron chi connectivity index (χ4n) is 1.66. The van der Waals surface area contributed by atoms with E-state index in [2.05, 4.69) is 15.9 Å². The van der Waals surface area contributed by atoms with Gasteiger partial charge in [0.1, 0.15) is 0 Å². The third-order valence-electron chi connectivity index (χ3n) is 2.63. The van der Waals surface area contributed by atoms with E-state index in [4.69, 9.17) is 0 Å². The second-order valence-electron chi connectivity index (χ2n) is 3.87. The molecule has 1 aliphatic carbocycles. The van der Waals surface area contributed by atoms with Crippen molar-refractivity contribution in [1.82, 2.24) is 0 Å². The molecule has 3 N–H and O–H groups in total. The van der Waals surface area contributed by atoms with Crippen LogP contribution in [-0.2, 0) is 0 Å². The van der Waals surface area contributed by atoms with Gasteiger partial charge in [-0.3, -0.25) is 0 Å². The second-order valence-corrected chi connectivity index (χ2v) is 7.41. The van der Waals surface area contributed by atoms with Crippen LogP contribution in [0.3, 0.4) is 0 Å². The molecule has 0 spiro atoms. The van der Waals surface area contributed by atoms with Gasteiger partial charge in [-0.1, -0.05) is 0 Å². The molecule has 0 radical (unpaired) electrons. The van der Waals surface area contributed by atoms with E-state index in [1.165, 1.54) is 0 Å².